The van der Waals surface area contributed by atoms with Gasteiger partial charge in [0.1, 0.15) is 11.5 Å². The van der Waals surface area contributed by atoms with Crippen LogP contribution in [0.15, 0.2) is 46.3 Å². The van der Waals surface area contributed by atoms with Crippen molar-refractivity contribution in [2.45, 2.75) is 12.7 Å². The Hall–Kier alpha value is -2.52. The predicted octanol–water partition coefficient (Wildman–Crippen LogP) is 2.66. The number of aryl methyl sites for hydroxylation is 1. The lowest BCUT2D eigenvalue weighted by molar-refractivity contribution is -0.113. The molecule has 0 saturated carbocycles. The van der Waals surface area contributed by atoms with Crippen molar-refractivity contribution in [1.29, 1.82) is 0 Å². The highest BCUT2D eigenvalue weighted by atomic mass is 32.2. The summed E-state index contributed by atoms with van der Waals surface area (Å²) in [6, 6.07) is 10.8. The van der Waals surface area contributed by atoms with Crippen molar-refractivity contribution in [3.8, 4) is 10.7 Å². The average molecular weight is 377 g/mol. The minimum atomic E-state index is -3.73. The van der Waals surface area contributed by atoms with Crippen molar-refractivity contribution in [2.75, 3.05) is 11.1 Å². The molecular weight excluding hydrogens is 362 g/mol. The minimum absolute atomic E-state index is 0.0351. The molecule has 0 aliphatic heterocycles. The van der Waals surface area contributed by atoms with Gasteiger partial charge >= 0.3 is 0 Å². The van der Waals surface area contributed by atoms with Gasteiger partial charge in [-0.25, -0.2) is 8.42 Å². The molecule has 0 aliphatic carbocycles. The minimum Gasteiger partial charge on any atom is -0.338 e. The van der Waals surface area contributed by atoms with Crippen LogP contribution in [0.2, 0.25) is 0 Å². The molecular formula is C16H15N3O4S2. The molecule has 0 atom stereocenters. The van der Waals surface area contributed by atoms with E-state index in [1.807, 2.05) is 36.6 Å². The first-order chi connectivity index (χ1) is 11.9. The van der Waals surface area contributed by atoms with Crippen LogP contribution in [0.4, 0.5) is 5.69 Å². The standard InChI is InChI=1S/C16H15N3O4S2/c1-11-5-2-3-6-12(11)17-14(20)9-25(21,22)10-15-18-16(19-23-15)13-7-4-8-24-13/h2-8H,9-10H2,1H3,(H,17,20). The van der Waals surface area contributed by atoms with Crippen molar-refractivity contribution in [2.24, 2.45) is 0 Å². The molecule has 0 fully saturated rings. The van der Waals surface area contributed by atoms with Crippen molar-refractivity contribution in [3.05, 3.63) is 53.2 Å². The van der Waals surface area contributed by atoms with Gasteiger partial charge in [0.15, 0.2) is 9.84 Å². The Bertz CT molecular complexity index is 978. The third-order valence-electron chi connectivity index (χ3n) is 3.32. The van der Waals surface area contributed by atoms with Crippen molar-refractivity contribution in [3.63, 3.8) is 0 Å². The molecule has 130 valence electrons. The second kappa shape index (κ2) is 7.16. The first-order valence-corrected chi connectivity index (χ1v) is 10.1. The number of hydrogen-bond acceptors (Lipinski definition) is 7. The largest absolute Gasteiger partial charge is 0.338 e. The lowest BCUT2D eigenvalue weighted by atomic mass is 10.2. The molecule has 0 bridgehead atoms. The van der Waals surface area contributed by atoms with Gasteiger partial charge in [-0.2, -0.15) is 4.98 Å². The first-order valence-electron chi connectivity index (χ1n) is 7.35. The number of thiophene rings is 1. The van der Waals surface area contributed by atoms with Crippen molar-refractivity contribution in [1.82, 2.24) is 10.1 Å². The third-order valence-corrected chi connectivity index (χ3v) is 5.58. The van der Waals surface area contributed by atoms with Gasteiger partial charge in [-0.3, -0.25) is 4.79 Å². The number of anilines is 1. The number of nitrogens with zero attached hydrogens (tertiary/aromatic N) is 2. The number of benzene rings is 1. The smallest absolute Gasteiger partial charge is 0.242 e. The normalized spacial score (nSPS) is 11.4. The van der Waals surface area contributed by atoms with Gasteiger partial charge in [0.2, 0.25) is 17.6 Å². The maximum absolute atomic E-state index is 12.2. The summed E-state index contributed by atoms with van der Waals surface area (Å²) in [6.07, 6.45) is 0. The summed E-state index contributed by atoms with van der Waals surface area (Å²) in [6.45, 7) is 1.83. The highest BCUT2D eigenvalue weighted by Gasteiger charge is 2.22. The summed E-state index contributed by atoms with van der Waals surface area (Å²) in [5.74, 6) is -1.44. The Labute approximate surface area is 148 Å². The van der Waals surface area contributed by atoms with Crippen LogP contribution in [-0.4, -0.2) is 30.2 Å². The first kappa shape index (κ1) is 17.3. The maximum Gasteiger partial charge on any atom is 0.242 e. The van der Waals surface area contributed by atoms with Crippen LogP contribution in [0.5, 0.6) is 0 Å². The molecule has 0 saturated heterocycles. The van der Waals surface area contributed by atoms with Crippen LogP contribution in [0.1, 0.15) is 11.5 Å². The molecule has 3 rings (SSSR count). The highest BCUT2D eigenvalue weighted by Crippen LogP contribution is 2.22. The topological polar surface area (TPSA) is 102 Å². The number of carbonyl (C=O) groups excluding carboxylic acids is 1. The molecule has 2 heterocycles. The summed E-state index contributed by atoms with van der Waals surface area (Å²) < 4.78 is 29.4. The second-order valence-electron chi connectivity index (χ2n) is 5.38. The summed E-state index contributed by atoms with van der Waals surface area (Å²) in [4.78, 5) is 16.9. The summed E-state index contributed by atoms with van der Waals surface area (Å²) >= 11 is 1.42. The van der Waals surface area contributed by atoms with Crippen LogP contribution in [0.3, 0.4) is 0 Å². The number of carbonyl (C=O) groups is 1. The third kappa shape index (κ3) is 4.52. The van der Waals surface area contributed by atoms with Gasteiger partial charge in [-0.1, -0.05) is 29.4 Å². The number of hydrogen-bond donors (Lipinski definition) is 1. The van der Waals surface area contributed by atoms with E-state index in [-0.39, 0.29) is 5.89 Å². The predicted molar refractivity (Wildman–Crippen MR) is 94.9 cm³/mol. The van der Waals surface area contributed by atoms with E-state index in [9.17, 15) is 13.2 Å². The van der Waals surface area contributed by atoms with Crippen molar-refractivity contribution < 1.29 is 17.7 Å². The zero-order valence-corrected chi connectivity index (χ0v) is 14.9. The Morgan fingerprint density at radius 1 is 1.24 bits per heavy atom. The van der Waals surface area contributed by atoms with Gasteiger partial charge in [0, 0.05) is 5.69 Å². The average Bonchev–Trinajstić information content (AvgIpc) is 3.19. The molecule has 0 unspecified atom stereocenters. The molecule has 0 spiro atoms. The fourth-order valence-corrected chi connectivity index (χ4v) is 3.87. The van der Waals surface area contributed by atoms with E-state index in [4.69, 9.17) is 4.52 Å². The van der Waals surface area contributed by atoms with E-state index in [0.717, 1.165) is 10.4 Å². The molecule has 1 N–H and O–H groups in total. The number of para-hydroxylation sites is 1. The Morgan fingerprint density at radius 3 is 2.76 bits per heavy atom. The molecule has 2 aromatic heterocycles. The van der Waals surface area contributed by atoms with Crippen LogP contribution < -0.4 is 5.32 Å². The zero-order chi connectivity index (χ0) is 17.9. The van der Waals surface area contributed by atoms with Crippen molar-refractivity contribution >= 4 is 32.8 Å². The monoisotopic (exact) mass is 377 g/mol. The highest BCUT2D eigenvalue weighted by molar-refractivity contribution is 7.91. The molecule has 0 radical (unpaired) electrons. The molecule has 3 aromatic rings. The molecule has 9 heteroatoms. The summed E-state index contributed by atoms with van der Waals surface area (Å²) in [5.41, 5.74) is 1.44. The SMILES string of the molecule is Cc1ccccc1NC(=O)CS(=O)(=O)Cc1nc(-c2cccs2)no1. The molecule has 25 heavy (non-hydrogen) atoms. The Kier molecular flexibility index (Phi) is 4.95. The molecule has 1 aromatic carbocycles. The Morgan fingerprint density at radius 2 is 2.04 bits per heavy atom. The lowest BCUT2D eigenvalue weighted by Crippen LogP contribution is -2.24. The van der Waals surface area contributed by atoms with Gasteiger partial charge in [0.25, 0.3) is 0 Å². The summed E-state index contributed by atoms with van der Waals surface area (Å²) in [7, 11) is -3.73. The molecule has 7 nitrogen and oxygen atoms in total. The number of aromatic nitrogens is 2. The quantitative estimate of drug-likeness (QED) is 0.708. The second-order valence-corrected chi connectivity index (χ2v) is 8.40. The van der Waals surface area contributed by atoms with Gasteiger partial charge in [-0.15, -0.1) is 11.3 Å². The van der Waals surface area contributed by atoms with E-state index in [2.05, 4.69) is 15.5 Å². The van der Waals surface area contributed by atoms with E-state index < -0.39 is 27.3 Å². The molecule has 1 amide bonds. The zero-order valence-electron chi connectivity index (χ0n) is 13.3. The summed E-state index contributed by atoms with van der Waals surface area (Å²) in [5, 5.41) is 8.22. The van der Waals surface area contributed by atoms with Crippen LogP contribution in [0, 0.1) is 6.92 Å². The maximum atomic E-state index is 12.2. The lowest BCUT2D eigenvalue weighted by Gasteiger charge is -2.07. The fraction of sp³-hybridized carbons (Fsp3) is 0.188. The number of rotatable bonds is 6. The van der Waals surface area contributed by atoms with Gasteiger partial charge in [-0.05, 0) is 30.0 Å². The number of amides is 1. The fourth-order valence-electron chi connectivity index (χ4n) is 2.16. The van der Waals surface area contributed by atoms with Crippen LogP contribution in [0.25, 0.3) is 10.7 Å². The Balaban J connectivity index is 1.64. The van der Waals surface area contributed by atoms with Crippen LogP contribution >= 0.6 is 11.3 Å². The number of sulfone groups is 1. The van der Waals surface area contributed by atoms with Crippen LogP contribution in [-0.2, 0) is 20.4 Å². The van der Waals surface area contributed by atoms with E-state index in [0.29, 0.717) is 11.5 Å². The van der Waals surface area contributed by atoms with E-state index in [1.54, 1.807) is 12.1 Å². The van der Waals surface area contributed by atoms with Gasteiger partial charge in [0.05, 0.1) is 4.88 Å². The van der Waals surface area contributed by atoms with E-state index >= 15 is 0 Å². The van der Waals surface area contributed by atoms with Gasteiger partial charge < -0.3 is 9.84 Å². The molecule has 0 aliphatic rings. The number of nitrogens with one attached hydrogen (secondary N) is 1. The van der Waals surface area contributed by atoms with E-state index in [1.165, 1.54) is 11.3 Å².